The Morgan fingerprint density at radius 2 is 2.32 bits per heavy atom. The van der Waals surface area contributed by atoms with E-state index in [-0.39, 0.29) is 5.56 Å². The molecule has 5 heteroatoms. The molecule has 0 amide bonds. The van der Waals surface area contributed by atoms with E-state index in [0.717, 1.165) is 25.8 Å². The summed E-state index contributed by atoms with van der Waals surface area (Å²) in [5.41, 5.74) is 2.57. The zero-order valence-electron chi connectivity index (χ0n) is 12.9. The van der Waals surface area contributed by atoms with E-state index in [1.807, 2.05) is 10.6 Å². The third-order valence-electron chi connectivity index (χ3n) is 4.25. The first-order valence-corrected chi connectivity index (χ1v) is 8.62. The molecule has 2 heterocycles. The Bertz CT molecular complexity index is 664. The summed E-state index contributed by atoms with van der Waals surface area (Å²) >= 11 is 1.79. The number of thiophene rings is 1. The summed E-state index contributed by atoms with van der Waals surface area (Å²) in [6, 6.07) is 8.43. The number of aromatic nitrogens is 1. The zero-order valence-corrected chi connectivity index (χ0v) is 13.7. The topological polar surface area (TPSA) is 43.3 Å². The molecule has 1 aliphatic carbocycles. The van der Waals surface area contributed by atoms with Crippen LogP contribution in [0.15, 0.2) is 34.4 Å². The van der Waals surface area contributed by atoms with Crippen LogP contribution in [-0.2, 0) is 30.7 Å². The fourth-order valence-corrected chi connectivity index (χ4v) is 3.74. The van der Waals surface area contributed by atoms with Crippen molar-refractivity contribution in [2.75, 3.05) is 13.7 Å². The van der Waals surface area contributed by atoms with Gasteiger partial charge in [-0.3, -0.25) is 4.79 Å². The Labute approximate surface area is 134 Å². The number of hydrogen-bond acceptors (Lipinski definition) is 4. The van der Waals surface area contributed by atoms with Gasteiger partial charge in [-0.2, -0.15) is 0 Å². The first kappa shape index (κ1) is 15.5. The fraction of sp³-hybridized carbons (Fsp3) is 0.471. The van der Waals surface area contributed by atoms with Gasteiger partial charge in [0.2, 0.25) is 0 Å². The first-order chi connectivity index (χ1) is 10.8. The summed E-state index contributed by atoms with van der Waals surface area (Å²) in [5, 5.41) is 5.75. The molecular formula is C17H22N2O2S. The highest BCUT2D eigenvalue weighted by Gasteiger charge is 2.21. The van der Waals surface area contributed by atoms with E-state index >= 15 is 0 Å². The molecule has 1 N–H and O–H groups in total. The number of nitrogens with one attached hydrogen (secondary N) is 1. The highest BCUT2D eigenvalue weighted by Crippen LogP contribution is 2.21. The van der Waals surface area contributed by atoms with Gasteiger partial charge in [-0.1, -0.05) is 12.1 Å². The van der Waals surface area contributed by atoms with Crippen LogP contribution in [0, 0.1) is 0 Å². The summed E-state index contributed by atoms with van der Waals surface area (Å²) in [6.45, 7) is 2.16. The van der Waals surface area contributed by atoms with Gasteiger partial charge in [0.25, 0.3) is 5.56 Å². The standard InChI is InChI=1S/C17H22N2O2S/c1-21-9-8-19-16-6-5-14(11-13(16)4-7-17(19)20)18-12-15-3-2-10-22-15/h2-4,7,10,14,18H,5-6,8-9,11-12H2,1H3. The average molecular weight is 318 g/mol. The van der Waals surface area contributed by atoms with Crippen molar-refractivity contribution in [3.8, 4) is 0 Å². The minimum Gasteiger partial charge on any atom is -0.383 e. The highest BCUT2D eigenvalue weighted by atomic mass is 32.1. The van der Waals surface area contributed by atoms with Gasteiger partial charge in [0, 0.05) is 42.9 Å². The summed E-state index contributed by atoms with van der Waals surface area (Å²) < 4.78 is 7.01. The van der Waals surface area contributed by atoms with E-state index in [1.165, 1.54) is 16.1 Å². The Morgan fingerprint density at radius 1 is 1.41 bits per heavy atom. The lowest BCUT2D eigenvalue weighted by Crippen LogP contribution is -2.37. The molecule has 0 saturated heterocycles. The zero-order chi connectivity index (χ0) is 15.4. The number of nitrogens with zero attached hydrogens (tertiary/aromatic N) is 1. The lowest BCUT2D eigenvalue weighted by atomic mass is 9.91. The van der Waals surface area contributed by atoms with Gasteiger partial charge in [-0.25, -0.2) is 0 Å². The third-order valence-corrected chi connectivity index (χ3v) is 5.13. The summed E-state index contributed by atoms with van der Waals surface area (Å²) in [5.74, 6) is 0. The molecule has 0 aromatic carbocycles. The van der Waals surface area contributed by atoms with Crippen molar-refractivity contribution >= 4 is 11.3 Å². The maximum atomic E-state index is 12.1. The summed E-state index contributed by atoms with van der Waals surface area (Å²) in [4.78, 5) is 13.4. The molecule has 2 aromatic heterocycles. The fourth-order valence-electron chi connectivity index (χ4n) is 3.08. The SMILES string of the molecule is COCCn1c2c(ccc1=O)CC(NCc1cccs1)CC2. The minimum atomic E-state index is 0.0841. The molecule has 0 radical (unpaired) electrons. The van der Waals surface area contributed by atoms with Crippen molar-refractivity contribution < 1.29 is 4.74 Å². The van der Waals surface area contributed by atoms with Gasteiger partial charge < -0.3 is 14.6 Å². The predicted molar refractivity (Wildman–Crippen MR) is 89.5 cm³/mol. The molecule has 0 aliphatic heterocycles. The lowest BCUT2D eigenvalue weighted by molar-refractivity contribution is 0.184. The molecule has 0 spiro atoms. The van der Waals surface area contributed by atoms with Gasteiger partial charge in [0.05, 0.1) is 6.61 Å². The van der Waals surface area contributed by atoms with Crippen molar-refractivity contribution in [2.24, 2.45) is 0 Å². The Kier molecular flexibility index (Phi) is 5.08. The molecule has 0 saturated carbocycles. The summed E-state index contributed by atoms with van der Waals surface area (Å²) in [7, 11) is 1.67. The van der Waals surface area contributed by atoms with Crippen LogP contribution in [-0.4, -0.2) is 24.3 Å². The maximum Gasteiger partial charge on any atom is 0.250 e. The lowest BCUT2D eigenvalue weighted by Gasteiger charge is -2.27. The number of rotatable bonds is 6. The Morgan fingerprint density at radius 3 is 3.09 bits per heavy atom. The summed E-state index contributed by atoms with van der Waals surface area (Å²) in [6.07, 6.45) is 3.03. The third kappa shape index (κ3) is 3.48. The van der Waals surface area contributed by atoms with Crippen LogP contribution in [0.25, 0.3) is 0 Å². The van der Waals surface area contributed by atoms with Gasteiger partial charge in [0.1, 0.15) is 0 Å². The van der Waals surface area contributed by atoms with Crippen LogP contribution in [0.5, 0.6) is 0 Å². The number of methoxy groups -OCH3 is 1. The van der Waals surface area contributed by atoms with Crippen molar-refractivity contribution in [1.82, 2.24) is 9.88 Å². The quantitative estimate of drug-likeness (QED) is 0.888. The average Bonchev–Trinajstić information content (AvgIpc) is 3.05. The highest BCUT2D eigenvalue weighted by molar-refractivity contribution is 7.09. The number of fused-ring (bicyclic) bond motifs is 1. The van der Waals surface area contributed by atoms with E-state index in [0.29, 0.717) is 19.2 Å². The molecule has 1 unspecified atom stereocenters. The second kappa shape index (κ2) is 7.22. The van der Waals surface area contributed by atoms with Gasteiger partial charge in [-0.15, -0.1) is 11.3 Å². The normalized spacial score (nSPS) is 17.4. The molecule has 0 fully saturated rings. The molecule has 3 rings (SSSR count). The molecule has 2 aromatic rings. The first-order valence-electron chi connectivity index (χ1n) is 7.74. The van der Waals surface area contributed by atoms with Crippen molar-refractivity contribution in [2.45, 2.75) is 38.4 Å². The number of ether oxygens (including phenoxy) is 1. The number of hydrogen-bond donors (Lipinski definition) is 1. The minimum absolute atomic E-state index is 0.0841. The van der Waals surface area contributed by atoms with Crippen molar-refractivity contribution in [1.29, 1.82) is 0 Å². The van der Waals surface area contributed by atoms with Crippen LogP contribution in [0.2, 0.25) is 0 Å². The molecule has 4 nitrogen and oxygen atoms in total. The van der Waals surface area contributed by atoms with Gasteiger partial charge in [0.15, 0.2) is 0 Å². The van der Waals surface area contributed by atoms with E-state index in [9.17, 15) is 4.79 Å². The van der Waals surface area contributed by atoms with Crippen molar-refractivity contribution in [3.05, 3.63) is 56.1 Å². The molecule has 1 atom stereocenters. The maximum absolute atomic E-state index is 12.1. The second-order valence-corrected chi connectivity index (χ2v) is 6.72. The second-order valence-electron chi connectivity index (χ2n) is 5.69. The Balaban J connectivity index is 1.69. The molecule has 1 aliphatic rings. The molecule has 118 valence electrons. The monoisotopic (exact) mass is 318 g/mol. The van der Waals surface area contributed by atoms with Crippen LogP contribution in [0.1, 0.15) is 22.6 Å². The largest absolute Gasteiger partial charge is 0.383 e. The van der Waals surface area contributed by atoms with Crippen molar-refractivity contribution in [3.63, 3.8) is 0 Å². The molecular weight excluding hydrogens is 296 g/mol. The number of pyridine rings is 1. The van der Waals surface area contributed by atoms with Crippen LogP contribution >= 0.6 is 11.3 Å². The van der Waals surface area contributed by atoms with Crippen LogP contribution in [0.3, 0.4) is 0 Å². The van der Waals surface area contributed by atoms with Crippen LogP contribution < -0.4 is 10.9 Å². The van der Waals surface area contributed by atoms with E-state index < -0.39 is 0 Å². The van der Waals surface area contributed by atoms with Gasteiger partial charge in [-0.05, 0) is 36.3 Å². The van der Waals surface area contributed by atoms with E-state index in [2.05, 4.69) is 22.8 Å². The molecule has 0 bridgehead atoms. The van der Waals surface area contributed by atoms with E-state index in [1.54, 1.807) is 24.5 Å². The smallest absolute Gasteiger partial charge is 0.250 e. The molecule has 22 heavy (non-hydrogen) atoms. The Hall–Kier alpha value is -1.43. The van der Waals surface area contributed by atoms with Crippen LogP contribution in [0.4, 0.5) is 0 Å². The van der Waals surface area contributed by atoms with Gasteiger partial charge >= 0.3 is 0 Å². The predicted octanol–water partition coefficient (Wildman–Crippen LogP) is 2.20. The van der Waals surface area contributed by atoms with E-state index in [4.69, 9.17) is 4.74 Å².